The number of alkyl halides is 3. The lowest BCUT2D eigenvalue weighted by atomic mass is 9.99. The van der Waals surface area contributed by atoms with Crippen molar-refractivity contribution < 1.29 is 27.5 Å². The number of nitrogens with one attached hydrogen (secondary N) is 1. The van der Waals surface area contributed by atoms with Crippen LogP contribution in [0.1, 0.15) is 34.9 Å². The van der Waals surface area contributed by atoms with Crippen molar-refractivity contribution in [3.05, 3.63) is 74.9 Å². The molecule has 202 valence electrons. The highest BCUT2D eigenvalue weighted by atomic mass is 35.5. The zero-order chi connectivity index (χ0) is 28.3. The summed E-state index contributed by atoms with van der Waals surface area (Å²) in [6, 6.07) is 7.66. The molecule has 1 amide bonds. The molecule has 1 atom stereocenters. The number of hydrogen-bond donors (Lipinski definition) is 1. The Morgan fingerprint density at radius 1 is 1.18 bits per heavy atom. The largest absolute Gasteiger partial charge is 0.495 e. The van der Waals surface area contributed by atoms with Gasteiger partial charge in [0.25, 0.3) is 5.56 Å². The number of halogens is 4. The van der Waals surface area contributed by atoms with E-state index >= 15 is 0 Å². The second kappa shape index (κ2) is 11.3. The molecule has 3 heterocycles. The molecule has 1 aromatic carbocycles. The Morgan fingerprint density at radius 2 is 1.95 bits per heavy atom. The maximum atomic E-state index is 13.3. The Kier molecular flexibility index (Phi) is 8.11. The predicted octanol–water partition coefficient (Wildman–Crippen LogP) is 5.51. The quantitative estimate of drug-likeness (QED) is 0.274. The molecule has 9 nitrogen and oxygen atoms in total. The zero-order valence-corrected chi connectivity index (χ0v) is 21.9. The highest BCUT2D eigenvalue weighted by Crippen LogP contribution is 2.41. The topological polar surface area (TPSA) is 116 Å². The minimum atomic E-state index is -4.66. The molecule has 39 heavy (non-hydrogen) atoms. The number of aldehydes is 1. The Balaban J connectivity index is 1.75. The molecule has 4 rings (SSSR count). The van der Waals surface area contributed by atoms with E-state index in [9.17, 15) is 27.6 Å². The van der Waals surface area contributed by atoms with Crippen LogP contribution < -0.4 is 15.6 Å². The molecule has 0 spiro atoms. The number of ether oxygens (including phenoxy) is 1. The van der Waals surface area contributed by atoms with E-state index < -0.39 is 28.7 Å². The van der Waals surface area contributed by atoms with Gasteiger partial charge in [0, 0.05) is 22.2 Å². The SMILES string of the molecule is CCC(C(=O)Nc1ccc(C=O)nc1)n1cc(OC)c(-c2cc(Cl)ccc2-c2nnc(C(F)(F)F)s2)cc1=O. The summed E-state index contributed by atoms with van der Waals surface area (Å²) < 4.78 is 46.1. The van der Waals surface area contributed by atoms with Gasteiger partial charge in [-0.3, -0.25) is 23.9 Å². The minimum Gasteiger partial charge on any atom is -0.495 e. The third-order valence-electron chi connectivity index (χ3n) is 5.63. The summed E-state index contributed by atoms with van der Waals surface area (Å²) in [6.07, 6.45) is -1.19. The summed E-state index contributed by atoms with van der Waals surface area (Å²) in [5, 5.41) is 8.71. The molecule has 0 saturated heterocycles. The predicted molar refractivity (Wildman–Crippen MR) is 139 cm³/mol. The fraction of sp³-hybridized carbons (Fsp3) is 0.200. The summed E-state index contributed by atoms with van der Waals surface area (Å²) in [5.41, 5.74) is 0.760. The van der Waals surface area contributed by atoms with E-state index in [0.29, 0.717) is 28.9 Å². The number of benzene rings is 1. The number of aromatic nitrogens is 4. The van der Waals surface area contributed by atoms with Crippen LogP contribution in [0.5, 0.6) is 5.75 Å². The Bertz CT molecular complexity index is 1590. The van der Waals surface area contributed by atoms with Gasteiger partial charge in [0.15, 0.2) is 6.29 Å². The third-order valence-corrected chi connectivity index (χ3v) is 6.87. The maximum Gasteiger partial charge on any atom is 0.445 e. The van der Waals surface area contributed by atoms with Crippen LogP contribution in [0.25, 0.3) is 21.7 Å². The summed E-state index contributed by atoms with van der Waals surface area (Å²) >= 11 is 6.55. The van der Waals surface area contributed by atoms with E-state index in [1.54, 1.807) is 6.92 Å². The van der Waals surface area contributed by atoms with Crippen LogP contribution in [0.3, 0.4) is 0 Å². The van der Waals surface area contributed by atoms with Crippen molar-refractivity contribution in [2.24, 2.45) is 0 Å². The van der Waals surface area contributed by atoms with Crippen LogP contribution in [0, 0.1) is 0 Å². The van der Waals surface area contributed by atoms with Crippen molar-refractivity contribution in [3.8, 4) is 27.4 Å². The van der Waals surface area contributed by atoms with Crippen LogP contribution in [0.2, 0.25) is 5.02 Å². The summed E-state index contributed by atoms with van der Waals surface area (Å²) in [7, 11) is 1.35. The van der Waals surface area contributed by atoms with Crippen LogP contribution in [0.4, 0.5) is 18.9 Å². The third kappa shape index (κ3) is 5.99. The number of nitrogens with zero attached hydrogens (tertiary/aromatic N) is 4. The van der Waals surface area contributed by atoms with Gasteiger partial charge < -0.3 is 10.1 Å². The lowest BCUT2D eigenvalue weighted by molar-refractivity contribution is -0.138. The highest BCUT2D eigenvalue weighted by Gasteiger charge is 2.36. The Morgan fingerprint density at radius 3 is 2.54 bits per heavy atom. The van der Waals surface area contributed by atoms with Gasteiger partial charge in [-0.2, -0.15) is 13.2 Å². The first-order valence-corrected chi connectivity index (χ1v) is 12.5. The first-order valence-electron chi connectivity index (χ1n) is 11.3. The van der Waals surface area contributed by atoms with Gasteiger partial charge in [-0.25, -0.2) is 0 Å². The van der Waals surface area contributed by atoms with Gasteiger partial charge >= 0.3 is 6.18 Å². The standard InChI is InChI=1S/C25H19ClF3N5O4S/c1-3-19(22(37)31-14-5-6-15(12-35)30-10-14)34-11-20(38-2)18(9-21(34)36)17-8-13(26)4-7-16(17)23-32-33-24(39-23)25(27,28)29/h4-12,19H,3H2,1-2H3,(H,31,37). The lowest BCUT2D eigenvalue weighted by Gasteiger charge is -2.20. The van der Waals surface area contributed by atoms with Gasteiger partial charge in [0.1, 0.15) is 22.5 Å². The van der Waals surface area contributed by atoms with Crippen molar-refractivity contribution in [1.82, 2.24) is 19.7 Å². The first-order chi connectivity index (χ1) is 18.5. The molecule has 0 fully saturated rings. The summed E-state index contributed by atoms with van der Waals surface area (Å²) in [5.74, 6) is -0.339. The molecule has 3 aromatic heterocycles. The van der Waals surface area contributed by atoms with Crippen LogP contribution >= 0.6 is 22.9 Å². The molecule has 0 saturated carbocycles. The number of anilines is 1. The molecule has 14 heteroatoms. The van der Waals surface area contributed by atoms with E-state index in [1.165, 1.54) is 60.5 Å². The van der Waals surface area contributed by atoms with Gasteiger partial charge in [-0.05, 0) is 42.3 Å². The Hall–Kier alpha value is -4.10. The monoisotopic (exact) mass is 577 g/mol. The molecule has 4 aromatic rings. The Labute approximate surface area is 228 Å². The number of carbonyl (C=O) groups is 2. The molecule has 1 N–H and O–H groups in total. The fourth-order valence-electron chi connectivity index (χ4n) is 3.80. The van der Waals surface area contributed by atoms with E-state index in [0.717, 1.165) is 0 Å². The highest BCUT2D eigenvalue weighted by molar-refractivity contribution is 7.14. The molecule has 0 radical (unpaired) electrons. The second-order valence-electron chi connectivity index (χ2n) is 8.10. The van der Waals surface area contributed by atoms with Gasteiger partial charge in [-0.15, -0.1) is 10.2 Å². The molecule has 1 unspecified atom stereocenters. The maximum absolute atomic E-state index is 13.3. The molecular weight excluding hydrogens is 559 g/mol. The summed E-state index contributed by atoms with van der Waals surface area (Å²) in [6.45, 7) is 1.72. The van der Waals surface area contributed by atoms with Gasteiger partial charge in [0.05, 0.1) is 25.2 Å². The smallest absolute Gasteiger partial charge is 0.445 e. The van der Waals surface area contributed by atoms with Crippen molar-refractivity contribution in [3.63, 3.8) is 0 Å². The number of pyridine rings is 2. The molecular formula is C25H19ClF3N5O4S. The normalized spacial score (nSPS) is 12.2. The zero-order valence-electron chi connectivity index (χ0n) is 20.3. The first kappa shape index (κ1) is 27.9. The second-order valence-corrected chi connectivity index (χ2v) is 9.52. The van der Waals surface area contributed by atoms with Crippen molar-refractivity contribution >= 4 is 40.8 Å². The van der Waals surface area contributed by atoms with Crippen LogP contribution in [-0.2, 0) is 11.0 Å². The van der Waals surface area contributed by atoms with E-state index in [2.05, 4.69) is 20.5 Å². The molecule has 0 aliphatic heterocycles. The van der Waals surface area contributed by atoms with E-state index in [-0.39, 0.29) is 39.0 Å². The van der Waals surface area contributed by atoms with Crippen molar-refractivity contribution in [2.75, 3.05) is 12.4 Å². The molecule has 0 aliphatic rings. The van der Waals surface area contributed by atoms with Gasteiger partial charge in [0.2, 0.25) is 10.9 Å². The number of methoxy groups -OCH3 is 1. The number of rotatable bonds is 8. The van der Waals surface area contributed by atoms with E-state index in [4.69, 9.17) is 16.3 Å². The van der Waals surface area contributed by atoms with Crippen LogP contribution in [0.15, 0.2) is 53.6 Å². The number of hydrogen-bond acceptors (Lipinski definition) is 8. The van der Waals surface area contributed by atoms with Gasteiger partial charge in [-0.1, -0.05) is 29.9 Å². The van der Waals surface area contributed by atoms with Crippen LogP contribution in [-0.4, -0.2) is 39.1 Å². The summed E-state index contributed by atoms with van der Waals surface area (Å²) in [4.78, 5) is 41.0. The molecule has 0 aliphatic carbocycles. The van der Waals surface area contributed by atoms with Crippen molar-refractivity contribution in [1.29, 1.82) is 0 Å². The molecule has 0 bridgehead atoms. The minimum absolute atomic E-state index is 0.0276. The number of amides is 1. The fourth-order valence-corrected chi connectivity index (χ4v) is 4.72. The lowest BCUT2D eigenvalue weighted by Crippen LogP contribution is -2.32. The number of carbonyl (C=O) groups excluding carboxylic acids is 2. The van der Waals surface area contributed by atoms with Crippen molar-refractivity contribution in [2.45, 2.75) is 25.6 Å². The average molecular weight is 578 g/mol. The average Bonchev–Trinajstić information content (AvgIpc) is 3.41. The van der Waals surface area contributed by atoms with E-state index in [1.807, 2.05) is 0 Å².